The molecule has 2 rings (SSSR count). The fraction of sp³-hybridized carbons (Fsp3) is 0.333. The Morgan fingerprint density at radius 3 is 3.12 bits per heavy atom. The highest BCUT2D eigenvalue weighted by molar-refractivity contribution is 7.99. The lowest BCUT2D eigenvalue weighted by atomic mass is 10.4. The zero-order valence-corrected chi connectivity index (χ0v) is 10.5. The second-order valence-electron chi connectivity index (χ2n) is 3.59. The van der Waals surface area contributed by atoms with Crippen molar-refractivity contribution in [2.24, 2.45) is 0 Å². The third-order valence-electron chi connectivity index (χ3n) is 2.16. The van der Waals surface area contributed by atoms with E-state index in [1.165, 1.54) is 0 Å². The second kappa shape index (κ2) is 6.42. The average Bonchev–Trinajstić information content (AvgIpc) is 2.82. The van der Waals surface area contributed by atoms with Crippen LogP contribution in [-0.4, -0.2) is 22.3 Å². The van der Waals surface area contributed by atoms with Gasteiger partial charge in [0, 0.05) is 24.2 Å². The van der Waals surface area contributed by atoms with Gasteiger partial charge in [0.25, 0.3) is 0 Å². The van der Waals surface area contributed by atoms with Crippen LogP contribution in [-0.2, 0) is 6.54 Å². The van der Waals surface area contributed by atoms with Gasteiger partial charge in [0.1, 0.15) is 5.76 Å². The molecule has 0 unspecified atom stereocenters. The highest BCUT2D eigenvalue weighted by atomic mass is 32.2. The Hall–Kier alpha value is -1.33. The largest absolute Gasteiger partial charge is 0.468 e. The Balaban J connectivity index is 1.63. The number of thioether (sulfide) groups is 1. The normalized spacial score (nSPS) is 10.6. The van der Waals surface area contributed by atoms with E-state index in [2.05, 4.69) is 15.3 Å². The lowest BCUT2D eigenvalue weighted by molar-refractivity contribution is 0.488. The quantitative estimate of drug-likeness (QED) is 0.483. The van der Waals surface area contributed by atoms with E-state index in [1.54, 1.807) is 24.2 Å². The van der Waals surface area contributed by atoms with Crippen molar-refractivity contribution in [3.63, 3.8) is 0 Å². The fourth-order valence-electron chi connectivity index (χ4n) is 1.33. The van der Waals surface area contributed by atoms with Crippen molar-refractivity contribution < 1.29 is 4.42 Å². The Bertz CT molecular complexity index is 445. The monoisotopic (exact) mass is 249 g/mol. The number of aryl methyl sites for hydroxylation is 1. The Morgan fingerprint density at radius 1 is 1.41 bits per heavy atom. The summed E-state index contributed by atoms with van der Waals surface area (Å²) in [6, 6.07) is 5.76. The van der Waals surface area contributed by atoms with Gasteiger partial charge >= 0.3 is 0 Å². The number of hydrogen-bond acceptors (Lipinski definition) is 5. The maximum absolute atomic E-state index is 5.22. The molecule has 0 bridgehead atoms. The van der Waals surface area contributed by atoms with Gasteiger partial charge in [-0.05, 0) is 25.1 Å². The molecule has 0 fully saturated rings. The summed E-state index contributed by atoms with van der Waals surface area (Å²) in [5.74, 6) is 1.91. The first kappa shape index (κ1) is 12.1. The van der Waals surface area contributed by atoms with E-state index in [9.17, 15) is 0 Å². The van der Waals surface area contributed by atoms with Crippen LogP contribution in [0.3, 0.4) is 0 Å². The minimum Gasteiger partial charge on any atom is -0.468 e. The zero-order valence-electron chi connectivity index (χ0n) is 9.72. The van der Waals surface area contributed by atoms with Gasteiger partial charge in [0.2, 0.25) is 0 Å². The number of nitrogens with zero attached hydrogens (tertiary/aromatic N) is 2. The minimum atomic E-state index is 0.766. The summed E-state index contributed by atoms with van der Waals surface area (Å²) in [4.78, 5) is 8.52. The lowest BCUT2D eigenvalue weighted by Crippen LogP contribution is -2.16. The SMILES string of the molecule is Cc1ccnc(SCCNCc2ccco2)n1. The van der Waals surface area contributed by atoms with Gasteiger partial charge in [0.15, 0.2) is 5.16 Å². The number of nitrogens with one attached hydrogen (secondary N) is 1. The van der Waals surface area contributed by atoms with E-state index < -0.39 is 0 Å². The van der Waals surface area contributed by atoms with Gasteiger partial charge < -0.3 is 9.73 Å². The van der Waals surface area contributed by atoms with Crippen molar-refractivity contribution in [3.05, 3.63) is 42.1 Å². The second-order valence-corrected chi connectivity index (χ2v) is 4.65. The first-order valence-electron chi connectivity index (χ1n) is 5.50. The van der Waals surface area contributed by atoms with E-state index in [1.807, 2.05) is 25.1 Å². The molecule has 90 valence electrons. The molecule has 0 atom stereocenters. The van der Waals surface area contributed by atoms with Crippen molar-refractivity contribution in [1.82, 2.24) is 15.3 Å². The van der Waals surface area contributed by atoms with Crippen LogP contribution in [0.1, 0.15) is 11.5 Å². The van der Waals surface area contributed by atoms with Crippen LogP contribution in [0.2, 0.25) is 0 Å². The van der Waals surface area contributed by atoms with Crippen LogP contribution in [0.5, 0.6) is 0 Å². The Labute approximate surface area is 105 Å². The standard InChI is InChI=1S/C12H15N3OS/c1-10-4-5-14-12(15-10)17-8-6-13-9-11-3-2-7-16-11/h2-5,7,13H,6,8-9H2,1H3. The van der Waals surface area contributed by atoms with E-state index in [4.69, 9.17) is 4.42 Å². The molecule has 0 amide bonds. The summed E-state index contributed by atoms with van der Waals surface area (Å²) in [6.45, 7) is 3.64. The summed E-state index contributed by atoms with van der Waals surface area (Å²) in [7, 11) is 0. The Kier molecular flexibility index (Phi) is 4.58. The van der Waals surface area contributed by atoms with E-state index >= 15 is 0 Å². The molecule has 0 aromatic carbocycles. The van der Waals surface area contributed by atoms with Crippen LogP contribution in [0, 0.1) is 6.92 Å². The molecule has 2 aromatic rings. The Morgan fingerprint density at radius 2 is 2.35 bits per heavy atom. The molecule has 0 saturated heterocycles. The first-order chi connectivity index (χ1) is 8.34. The van der Waals surface area contributed by atoms with Gasteiger partial charge in [-0.15, -0.1) is 0 Å². The topological polar surface area (TPSA) is 51.0 Å². The van der Waals surface area contributed by atoms with E-state index in [0.717, 1.165) is 35.5 Å². The minimum absolute atomic E-state index is 0.766. The molecular weight excluding hydrogens is 234 g/mol. The van der Waals surface area contributed by atoms with Gasteiger partial charge in [-0.25, -0.2) is 9.97 Å². The molecule has 0 radical (unpaired) electrons. The maximum Gasteiger partial charge on any atom is 0.187 e. The van der Waals surface area contributed by atoms with E-state index in [0.29, 0.717) is 0 Å². The molecule has 0 aliphatic heterocycles. The van der Waals surface area contributed by atoms with Gasteiger partial charge in [-0.3, -0.25) is 0 Å². The molecular formula is C12H15N3OS. The maximum atomic E-state index is 5.22. The molecule has 2 aromatic heterocycles. The van der Waals surface area contributed by atoms with Gasteiger partial charge in [0.05, 0.1) is 12.8 Å². The molecule has 17 heavy (non-hydrogen) atoms. The molecule has 0 aliphatic rings. The number of rotatable bonds is 6. The lowest BCUT2D eigenvalue weighted by Gasteiger charge is -2.02. The first-order valence-corrected chi connectivity index (χ1v) is 6.49. The van der Waals surface area contributed by atoms with Crippen LogP contribution >= 0.6 is 11.8 Å². The van der Waals surface area contributed by atoms with Crippen LogP contribution in [0.25, 0.3) is 0 Å². The molecule has 0 aliphatic carbocycles. The van der Waals surface area contributed by atoms with Crippen LogP contribution in [0.15, 0.2) is 40.2 Å². The average molecular weight is 249 g/mol. The molecule has 0 saturated carbocycles. The number of hydrogen-bond donors (Lipinski definition) is 1. The predicted molar refractivity (Wildman–Crippen MR) is 67.9 cm³/mol. The zero-order chi connectivity index (χ0) is 11.9. The van der Waals surface area contributed by atoms with E-state index in [-0.39, 0.29) is 0 Å². The van der Waals surface area contributed by atoms with Crippen molar-refractivity contribution in [1.29, 1.82) is 0 Å². The molecule has 0 spiro atoms. The predicted octanol–water partition coefficient (Wildman–Crippen LogP) is 2.26. The molecule has 2 heterocycles. The highest BCUT2D eigenvalue weighted by Gasteiger charge is 1.98. The summed E-state index contributed by atoms with van der Waals surface area (Å²) >= 11 is 1.66. The smallest absolute Gasteiger partial charge is 0.187 e. The summed E-state index contributed by atoms with van der Waals surface area (Å²) in [5, 5.41) is 4.14. The van der Waals surface area contributed by atoms with Crippen molar-refractivity contribution in [3.8, 4) is 0 Å². The number of aromatic nitrogens is 2. The third kappa shape index (κ3) is 4.20. The molecule has 4 nitrogen and oxygen atoms in total. The summed E-state index contributed by atoms with van der Waals surface area (Å²) in [5.41, 5.74) is 1.01. The van der Waals surface area contributed by atoms with Crippen LogP contribution < -0.4 is 5.32 Å². The summed E-state index contributed by atoms with van der Waals surface area (Å²) < 4.78 is 5.22. The van der Waals surface area contributed by atoms with Crippen LogP contribution in [0.4, 0.5) is 0 Å². The highest BCUT2D eigenvalue weighted by Crippen LogP contribution is 2.11. The van der Waals surface area contributed by atoms with Crippen molar-refractivity contribution in [2.75, 3.05) is 12.3 Å². The molecule has 5 heteroatoms. The molecule has 1 N–H and O–H groups in total. The number of furan rings is 1. The van der Waals surface area contributed by atoms with Gasteiger partial charge in [-0.1, -0.05) is 11.8 Å². The van der Waals surface area contributed by atoms with Gasteiger partial charge in [-0.2, -0.15) is 0 Å². The van der Waals surface area contributed by atoms with Crippen molar-refractivity contribution in [2.45, 2.75) is 18.6 Å². The summed E-state index contributed by atoms with van der Waals surface area (Å²) in [6.07, 6.45) is 3.48. The third-order valence-corrected chi connectivity index (χ3v) is 3.03. The van der Waals surface area contributed by atoms with Crippen molar-refractivity contribution >= 4 is 11.8 Å². The fourth-order valence-corrected chi connectivity index (χ4v) is 2.11.